The molecule has 4 N–H and O–H groups in total. The Morgan fingerprint density at radius 1 is 1.07 bits per heavy atom. The van der Waals surface area contributed by atoms with Crippen LogP contribution >= 0.6 is 0 Å². The second kappa shape index (κ2) is 9.66. The van der Waals surface area contributed by atoms with Crippen LogP contribution in [0.4, 0.5) is 10.5 Å². The molecule has 0 spiro atoms. The average molecular weight is 385 g/mol. The number of rotatable bonds is 7. The quantitative estimate of drug-likeness (QED) is 0.579. The number of aliphatic hydroxyl groups excluding tert-OH is 2. The molecule has 0 aromatic heterocycles. The van der Waals surface area contributed by atoms with Crippen molar-refractivity contribution < 1.29 is 19.7 Å². The van der Waals surface area contributed by atoms with Gasteiger partial charge in [-0.2, -0.15) is 0 Å². The van der Waals surface area contributed by atoms with Crippen molar-refractivity contribution in [3.8, 4) is 0 Å². The van der Waals surface area contributed by atoms with E-state index in [1.807, 2.05) is 60.5 Å². The van der Waals surface area contributed by atoms with Crippen LogP contribution in [0.25, 0.3) is 0 Å². The standard InChI is InChI=1S/C21H27N3O4/c1-24(13-15-8-4-2-5-9-15)19-17(28-18(14-25)20(19)26)12-22-21(27)23-16-10-6-3-7-11-16/h2-11,17-20,25-26H,12-14H2,1H3,(H2,22,23,27). The van der Waals surface area contributed by atoms with Gasteiger partial charge in [0.15, 0.2) is 0 Å². The molecule has 0 aliphatic carbocycles. The SMILES string of the molecule is CN(Cc1ccccc1)C1C(CNC(=O)Nc2ccccc2)OC(CO)C1O. The molecule has 1 aliphatic rings. The number of aliphatic hydroxyl groups is 2. The van der Waals surface area contributed by atoms with Crippen molar-refractivity contribution in [1.29, 1.82) is 0 Å². The van der Waals surface area contributed by atoms with Gasteiger partial charge in [-0.15, -0.1) is 0 Å². The van der Waals surface area contributed by atoms with Crippen molar-refractivity contribution in [2.24, 2.45) is 0 Å². The van der Waals surface area contributed by atoms with Gasteiger partial charge in [0.25, 0.3) is 0 Å². The molecule has 7 heteroatoms. The van der Waals surface area contributed by atoms with Gasteiger partial charge >= 0.3 is 6.03 Å². The minimum atomic E-state index is -0.845. The van der Waals surface area contributed by atoms with E-state index < -0.39 is 18.3 Å². The monoisotopic (exact) mass is 385 g/mol. The van der Waals surface area contributed by atoms with Crippen molar-refractivity contribution in [3.05, 3.63) is 66.2 Å². The van der Waals surface area contributed by atoms with Crippen molar-refractivity contribution in [3.63, 3.8) is 0 Å². The molecule has 150 valence electrons. The fourth-order valence-electron chi connectivity index (χ4n) is 3.56. The van der Waals surface area contributed by atoms with Crippen molar-refractivity contribution in [1.82, 2.24) is 10.2 Å². The van der Waals surface area contributed by atoms with E-state index in [9.17, 15) is 15.0 Å². The summed E-state index contributed by atoms with van der Waals surface area (Å²) in [4.78, 5) is 14.2. The second-order valence-electron chi connectivity index (χ2n) is 6.98. The maximum Gasteiger partial charge on any atom is 0.319 e. The van der Waals surface area contributed by atoms with Gasteiger partial charge < -0.3 is 25.6 Å². The molecular weight excluding hydrogens is 358 g/mol. The number of urea groups is 1. The molecule has 1 fully saturated rings. The number of hydrogen-bond acceptors (Lipinski definition) is 5. The summed E-state index contributed by atoms with van der Waals surface area (Å²) in [6, 6.07) is 18.4. The van der Waals surface area contributed by atoms with E-state index in [0.29, 0.717) is 12.2 Å². The summed E-state index contributed by atoms with van der Waals surface area (Å²) in [5.41, 5.74) is 1.80. The van der Waals surface area contributed by atoms with Crippen molar-refractivity contribution in [2.75, 3.05) is 25.5 Å². The van der Waals surface area contributed by atoms with Gasteiger partial charge in [0, 0.05) is 18.8 Å². The second-order valence-corrected chi connectivity index (χ2v) is 6.98. The molecule has 1 saturated heterocycles. The van der Waals surface area contributed by atoms with Crippen LogP contribution in [-0.4, -0.2) is 65.7 Å². The van der Waals surface area contributed by atoms with Crippen LogP contribution in [0.2, 0.25) is 0 Å². The lowest BCUT2D eigenvalue weighted by Crippen LogP contribution is -2.49. The lowest BCUT2D eigenvalue weighted by molar-refractivity contribution is -0.0205. The molecule has 0 saturated carbocycles. The Kier molecular flexibility index (Phi) is 7.00. The van der Waals surface area contributed by atoms with Gasteiger partial charge in [-0.1, -0.05) is 48.5 Å². The van der Waals surface area contributed by atoms with Crippen LogP contribution in [0.15, 0.2) is 60.7 Å². The zero-order valence-electron chi connectivity index (χ0n) is 15.9. The number of para-hydroxylation sites is 1. The fraction of sp³-hybridized carbons (Fsp3) is 0.381. The van der Waals surface area contributed by atoms with Crippen LogP contribution in [0, 0.1) is 0 Å². The Morgan fingerprint density at radius 3 is 2.36 bits per heavy atom. The molecule has 4 unspecified atom stereocenters. The number of likely N-dealkylation sites (N-methyl/N-ethyl adjacent to an activating group) is 1. The summed E-state index contributed by atoms with van der Waals surface area (Å²) in [6.07, 6.45) is -1.96. The number of anilines is 1. The molecule has 2 aromatic rings. The van der Waals surface area contributed by atoms with Gasteiger partial charge in [0.2, 0.25) is 0 Å². The first kappa shape index (κ1) is 20.3. The molecule has 3 rings (SSSR count). The first-order chi connectivity index (χ1) is 13.6. The maximum atomic E-state index is 12.2. The van der Waals surface area contributed by atoms with Gasteiger partial charge in [-0.05, 0) is 24.7 Å². The van der Waals surface area contributed by atoms with Crippen molar-refractivity contribution >= 4 is 11.7 Å². The van der Waals surface area contributed by atoms with Gasteiger partial charge in [-0.25, -0.2) is 4.79 Å². The predicted octanol–water partition coefficient (Wildman–Crippen LogP) is 1.43. The molecule has 7 nitrogen and oxygen atoms in total. The Labute approximate surface area is 164 Å². The van der Waals surface area contributed by atoms with E-state index in [-0.39, 0.29) is 25.2 Å². The van der Waals surface area contributed by atoms with Gasteiger partial charge in [0.05, 0.1) is 18.8 Å². The summed E-state index contributed by atoms with van der Waals surface area (Å²) in [5.74, 6) is 0. The summed E-state index contributed by atoms with van der Waals surface area (Å²) < 4.78 is 5.81. The third-order valence-corrected chi connectivity index (χ3v) is 4.92. The van der Waals surface area contributed by atoms with E-state index >= 15 is 0 Å². The molecule has 1 heterocycles. The third kappa shape index (κ3) is 5.08. The largest absolute Gasteiger partial charge is 0.394 e. The van der Waals surface area contributed by atoms with E-state index in [1.165, 1.54) is 0 Å². The number of nitrogens with one attached hydrogen (secondary N) is 2. The fourth-order valence-corrected chi connectivity index (χ4v) is 3.56. The molecule has 0 bridgehead atoms. The number of nitrogens with zero attached hydrogens (tertiary/aromatic N) is 1. The number of ether oxygens (including phenoxy) is 1. The van der Waals surface area contributed by atoms with Crippen molar-refractivity contribution in [2.45, 2.75) is 30.9 Å². The topological polar surface area (TPSA) is 94.1 Å². The molecule has 4 atom stereocenters. The van der Waals surface area contributed by atoms with Crippen LogP contribution in [0.3, 0.4) is 0 Å². The molecule has 2 amide bonds. The number of amides is 2. The normalized spacial score (nSPS) is 24.3. The minimum Gasteiger partial charge on any atom is -0.394 e. The van der Waals surface area contributed by atoms with E-state index in [0.717, 1.165) is 5.56 Å². The summed E-state index contributed by atoms with van der Waals surface area (Å²) in [6.45, 7) is 0.566. The first-order valence-electron chi connectivity index (χ1n) is 9.37. The predicted molar refractivity (Wildman–Crippen MR) is 107 cm³/mol. The van der Waals surface area contributed by atoms with Crippen LogP contribution in [0.5, 0.6) is 0 Å². The molecule has 1 aliphatic heterocycles. The first-order valence-corrected chi connectivity index (χ1v) is 9.37. The van der Waals surface area contributed by atoms with Crippen LogP contribution in [-0.2, 0) is 11.3 Å². The summed E-state index contributed by atoms with van der Waals surface area (Å²) in [5, 5.41) is 25.7. The lowest BCUT2D eigenvalue weighted by atomic mass is 10.0. The highest BCUT2D eigenvalue weighted by atomic mass is 16.5. The average Bonchev–Trinajstić information content (AvgIpc) is 3.03. The zero-order valence-corrected chi connectivity index (χ0v) is 15.9. The number of benzene rings is 2. The maximum absolute atomic E-state index is 12.2. The Bertz CT molecular complexity index is 744. The van der Waals surface area contributed by atoms with E-state index in [2.05, 4.69) is 10.6 Å². The highest BCUT2D eigenvalue weighted by molar-refractivity contribution is 5.89. The van der Waals surface area contributed by atoms with Gasteiger partial charge in [-0.3, -0.25) is 4.90 Å². The minimum absolute atomic E-state index is 0.218. The van der Waals surface area contributed by atoms with Gasteiger partial charge in [0.1, 0.15) is 12.2 Å². The van der Waals surface area contributed by atoms with E-state index in [4.69, 9.17) is 4.74 Å². The van der Waals surface area contributed by atoms with Crippen LogP contribution < -0.4 is 10.6 Å². The highest BCUT2D eigenvalue weighted by Crippen LogP contribution is 2.26. The van der Waals surface area contributed by atoms with E-state index in [1.54, 1.807) is 12.1 Å². The summed E-state index contributed by atoms with van der Waals surface area (Å²) >= 11 is 0. The highest BCUT2D eigenvalue weighted by Gasteiger charge is 2.45. The summed E-state index contributed by atoms with van der Waals surface area (Å²) in [7, 11) is 1.90. The molecule has 0 radical (unpaired) electrons. The lowest BCUT2D eigenvalue weighted by Gasteiger charge is -2.30. The smallest absolute Gasteiger partial charge is 0.319 e. The van der Waals surface area contributed by atoms with Crippen LogP contribution in [0.1, 0.15) is 5.56 Å². The Morgan fingerprint density at radius 2 is 1.71 bits per heavy atom. The number of carbonyl (C=O) groups excluding carboxylic acids is 1. The number of carbonyl (C=O) groups is 1. The molecule has 28 heavy (non-hydrogen) atoms. The molecular formula is C21H27N3O4. The zero-order chi connectivity index (χ0) is 19.9. The number of hydrogen-bond donors (Lipinski definition) is 4. The third-order valence-electron chi connectivity index (χ3n) is 4.92. The Balaban J connectivity index is 1.61. The molecule has 2 aromatic carbocycles. The Hall–Kier alpha value is -2.45.